The fourth-order valence-corrected chi connectivity index (χ4v) is 1.76. The number of nitrogens with one attached hydrogen (secondary N) is 1. The molecule has 0 bridgehead atoms. The van der Waals surface area contributed by atoms with Gasteiger partial charge in [-0.25, -0.2) is 0 Å². The van der Waals surface area contributed by atoms with Gasteiger partial charge in [0.15, 0.2) is 0 Å². The van der Waals surface area contributed by atoms with Gasteiger partial charge in [0, 0.05) is 18.4 Å². The Hall–Kier alpha value is -1.87. The molecule has 0 spiro atoms. The summed E-state index contributed by atoms with van der Waals surface area (Å²) in [6.07, 6.45) is 9.01. The predicted molar refractivity (Wildman–Crippen MR) is 87.3 cm³/mol. The van der Waals surface area contributed by atoms with Gasteiger partial charge in [-0.15, -0.1) is 0 Å². The molecule has 0 atom stereocenters. The van der Waals surface area contributed by atoms with Crippen molar-refractivity contribution in [1.29, 1.82) is 0 Å². The Morgan fingerprint density at radius 1 is 1.35 bits per heavy atom. The SMILES string of the molecule is C=C(/C=C\C(=C/C)c1ccccn1)NCCCN(C)C. The highest BCUT2D eigenvalue weighted by atomic mass is 15.1. The van der Waals surface area contributed by atoms with Gasteiger partial charge in [0.1, 0.15) is 0 Å². The lowest BCUT2D eigenvalue weighted by atomic mass is 10.1. The molecule has 0 radical (unpaired) electrons. The second-order valence-corrected chi connectivity index (χ2v) is 4.90. The van der Waals surface area contributed by atoms with Gasteiger partial charge in [-0.3, -0.25) is 4.98 Å². The fourth-order valence-electron chi connectivity index (χ4n) is 1.76. The number of nitrogens with zero attached hydrogens (tertiary/aromatic N) is 2. The van der Waals surface area contributed by atoms with Crippen molar-refractivity contribution < 1.29 is 0 Å². The quantitative estimate of drug-likeness (QED) is 0.582. The van der Waals surface area contributed by atoms with Crippen molar-refractivity contribution in [1.82, 2.24) is 15.2 Å². The molecule has 0 saturated heterocycles. The molecular formula is C17H25N3. The third kappa shape index (κ3) is 6.34. The predicted octanol–water partition coefficient (Wildman–Crippen LogP) is 3.10. The van der Waals surface area contributed by atoms with Gasteiger partial charge < -0.3 is 10.2 Å². The van der Waals surface area contributed by atoms with E-state index in [0.29, 0.717) is 0 Å². The minimum atomic E-state index is 0.930. The maximum atomic E-state index is 4.35. The van der Waals surface area contributed by atoms with Crippen LogP contribution in [0.5, 0.6) is 0 Å². The lowest BCUT2D eigenvalue weighted by Gasteiger charge is -2.10. The molecule has 0 aromatic carbocycles. The third-order valence-electron chi connectivity index (χ3n) is 2.87. The molecule has 1 aromatic rings. The van der Waals surface area contributed by atoms with E-state index in [1.54, 1.807) is 6.20 Å². The summed E-state index contributed by atoms with van der Waals surface area (Å²) in [5.74, 6) is 0. The Bertz CT molecular complexity index is 458. The smallest absolute Gasteiger partial charge is 0.0698 e. The van der Waals surface area contributed by atoms with Crippen LogP contribution >= 0.6 is 0 Å². The first-order valence-corrected chi connectivity index (χ1v) is 6.96. The fraction of sp³-hybridized carbons (Fsp3) is 0.353. The molecule has 0 aliphatic carbocycles. The molecule has 0 unspecified atom stereocenters. The van der Waals surface area contributed by atoms with E-state index < -0.39 is 0 Å². The summed E-state index contributed by atoms with van der Waals surface area (Å²) in [7, 11) is 4.17. The van der Waals surface area contributed by atoms with E-state index in [0.717, 1.165) is 36.5 Å². The van der Waals surface area contributed by atoms with Crippen molar-refractivity contribution in [3.63, 3.8) is 0 Å². The van der Waals surface area contributed by atoms with Crippen LogP contribution in [0.15, 0.2) is 54.9 Å². The number of allylic oxidation sites excluding steroid dienone is 4. The highest BCUT2D eigenvalue weighted by Gasteiger charge is 1.97. The van der Waals surface area contributed by atoms with E-state index in [1.807, 2.05) is 37.3 Å². The molecule has 0 aliphatic rings. The van der Waals surface area contributed by atoms with E-state index in [1.165, 1.54) is 0 Å². The molecule has 3 heteroatoms. The van der Waals surface area contributed by atoms with Crippen molar-refractivity contribution in [2.24, 2.45) is 0 Å². The largest absolute Gasteiger partial charge is 0.385 e. The van der Waals surface area contributed by atoms with E-state index in [4.69, 9.17) is 0 Å². The summed E-state index contributed by atoms with van der Waals surface area (Å²) in [4.78, 5) is 6.53. The Morgan fingerprint density at radius 2 is 2.15 bits per heavy atom. The van der Waals surface area contributed by atoms with E-state index in [9.17, 15) is 0 Å². The zero-order valence-electron chi connectivity index (χ0n) is 12.8. The first-order valence-electron chi connectivity index (χ1n) is 6.96. The van der Waals surface area contributed by atoms with Gasteiger partial charge >= 0.3 is 0 Å². The third-order valence-corrected chi connectivity index (χ3v) is 2.87. The highest BCUT2D eigenvalue weighted by molar-refractivity contribution is 5.71. The maximum absolute atomic E-state index is 4.35. The summed E-state index contributed by atoms with van der Waals surface area (Å²) in [6.45, 7) is 8.05. The monoisotopic (exact) mass is 271 g/mol. The van der Waals surface area contributed by atoms with Crippen LogP contribution in [-0.2, 0) is 0 Å². The van der Waals surface area contributed by atoms with Crippen LogP contribution in [0.3, 0.4) is 0 Å². The number of pyridine rings is 1. The molecule has 108 valence electrons. The number of rotatable bonds is 8. The average molecular weight is 271 g/mol. The Morgan fingerprint density at radius 3 is 2.75 bits per heavy atom. The molecule has 1 heterocycles. The zero-order valence-corrected chi connectivity index (χ0v) is 12.8. The minimum Gasteiger partial charge on any atom is -0.385 e. The summed E-state index contributed by atoms with van der Waals surface area (Å²) < 4.78 is 0. The van der Waals surface area contributed by atoms with E-state index >= 15 is 0 Å². The molecular weight excluding hydrogens is 246 g/mol. The van der Waals surface area contributed by atoms with Crippen LogP contribution in [0, 0.1) is 0 Å². The minimum absolute atomic E-state index is 0.930. The van der Waals surface area contributed by atoms with Gasteiger partial charge in [0.2, 0.25) is 0 Å². The van der Waals surface area contributed by atoms with Crippen molar-refractivity contribution in [2.75, 3.05) is 27.2 Å². The lowest BCUT2D eigenvalue weighted by molar-refractivity contribution is 0.398. The van der Waals surface area contributed by atoms with Gasteiger partial charge in [0.25, 0.3) is 0 Å². The number of hydrogen-bond donors (Lipinski definition) is 1. The van der Waals surface area contributed by atoms with Crippen LogP contribution in [0.1, 0.15) is 19.0 Å². The normalized spacial score (nSPS) is 12.1. The Balaban J connectivity index is 2.44. The van der Waals surface area contributed by atoms with Crippen molar-refractivity contribution in [2.45, 2.75) is 13.3 Å². The first-order chi connectivity index (χ1) is 9.63. The maximum Gasteiger partial charge on any atom is 0.0698 e. The second kappa shape index (κ2) is 9.10. The summed E-state index contributed by atoms with van der Waals surface area (Å²) in [6, 6.07) is 5.92. The lowest BCUT2D eigenvalue weighted by Crippen LogP contribution is -2.20. The van der Waals surface area contributed by atoms with Crippen molar-refractivity contribution in [3.05, 3.63) is 60.6 Å². The summed E-state index contributed by atoms with van der Waals surface area (Å²) in [5, 5.41) is 3.31. The second-order valence-electron chi connectivity index (χ2n) is 4.90. The summed E-state index contributed by atoms with van der Waals surface area (Å²) in [5.41, 5.74) is 3.01. The van der Waals surface area contributed by atoms with Crippen LogP contribution in [0.4, 0.5) is 0 Å². The molecule has 3 nitrogen and oxygen atoms in total. The molecule has 0 aliphatic heterocycles. The van der Waals surface area contributed by atoms with Gasteiger partial charge in [0.05, 0.1) is 5.69 Å². The Kier molecular flexibility index (Phi) is 7.36. The van der Waals surface area contributed by atoms with Gasteiger partial charge in [-0.1, -0.05) is 24.8 Å². The van der Waals surface area contributed by atoms with E-state index in [2.05, 4.69) is 42.0 Å². The molecule has 20 heavy (non-hydrogen) atoms. The standard InChI is InChI=1S/C17H25N3/c1-5-16(17-9-6-7-12-19-17)11-10-15(2)18-13-8-14-20(3)4/h5-7,9-12,18H,2,8,13-14H2,1,3-4H3/b11-10-,16-5+. The van der Waals surface area contributed by atoms with Crippen LogP contribution in [0.2, 0.25) is 0 Å². The number of hydrogen-bond acceptors (Lipinski definition) is 3. The van der Waals surface area contributed by atoms with Crippen molar-refractivity contribution >= 4 is 5.57 Å². The van der Waals surface area contributed by atoms with Crippen LogP contribution in [0.25, 0.3) is 5.57 Å². The molecule has 1 rings (SSSR count). The van der Waals surface area contributed by atoms with Gasteiger partial charge in [-0.2, -0.15) is 0 Å². The topological polar surface area (TPSA) is 28.2 Å². The van der Waals surface area contributed by atoms with E-state index in [-0.39, 0.29) is 0 Å². The molecule has 0 saturated carbocycles. The number of aromatic nitrogens is 1. The molecule has 0 amide bonds. The van der Waals surface area contributed by atoms with Crippen LogP contribution < -0.4 is 5.32 Å². The molecule has 1 aromatic heterocycles. The molecule has 0 fully saturated rings. The molecule has 1 N–H and O–H groups in total. The summed E-state index contributed by atoms with van der Waals surface area (Å²) >= 11 is 0. The Labute approximate surface area is 122 Å². The highest BCUT2D eigenvalue weighted by Crippen LogP contribution is 2.12. The zero-order chi connectivity index (χ0) is 14.8. The average Bonchev–Trinajstić information content (AvgIpc) is 2.45. The van der Waals surface area contributed by atoms with Crippen LogP contribution in [-0.4, -0.2) is 37.1 Å². The van der Waals surface area contributed by atoms with Crippen molar-refractivity contribution in [3.8, 4) is 0 Å². The first kappa shape index (κ1) is 16.2. The van der Waals surface area contributed by atoms with Gasteiger partial charge in [-0.05, 0) is 57.8 Å².